The molecule has 2 heterocycles. The van der Waals surface area contributed by atoms with Gasteiger partial charge in [0, 0.05) is 13.1 Å². The molecule has 1 aromatic heterocycles. The Morgan fingerprint density at radius 1 is 1.22 bits per heavy atom. The second-order valence-electron chi connectivity index (χ2n) is 5.67. The molecule has 1 fully saturated rings. The minimum absolute atomic E-state index is 0.00734. The number of amides is 1. The van der Waals surface area contributed by atoms with Crippen molar-refractivity contribution in [2.24, 2.45) is 5.73 Å². The first-order valence-corrected chi connectivity index (χ1v) is 7.46. The molecule has 0 spiro atoms. The maximum absolute atomic E-state index is 13.3. The van der Waals surface area contributed by atoms with E-state index in [9.17, 15) is 18.0 Å². The molecule has 1 saturated heterocycles. The number of nitrogens with two attached hydrogens (primary N) is 1. The summed E-state index contributed by atoms with van der Waals surface area (Å²) >= 11 is 0. The van der Waals surface area contributed by atoms with Crippen molar-refractivity contribution in [1.82, 2.24) is 14.5 Å². The fourth-order valence-electron chi connectivity index (χ4n) is 3.04. The van der Waals surface area contributed by atoms with E-state index in [1.165, 1.54) is 18.2 Å². The molecule has 124 valence electrons. The first-order valence-electron chi connectivity index (χ1n) is 7.46. The lowest BCUT2D eigenvalue weighted by atomic mass is 10.2. The van der Waals surface area contributed by atoms with Gasteiger partial charge in [-0.25, -0.2) is 4.98 Å². The molecule has 1 amide bonds. The number of imidazole rings is 1. The molecule has 0 unspecified atom stereocenters. The summed E-state index contributed by atoms with van der Waals surface area (Å²) in [6.07, 6.45) is -2.44. The highest BCUT2D eigenvalue weighted by atomic mass is 19.4. The first-order chi connectivity index (χ1) is 10.9. The maximum Gasteiger partial charge on any atom is 0.449 e. The van der Waals surface area contributed by atoms with Crippen molar-refractivity contribution >= 4 is 16.9 Å². The van der Waals surface area contributed by atoms with Crippen LogP contribution in [0.1, 0.15) is 29.0 Å². The maximum atomic E-state index is 13.3. The molecule has 3 rings (SSSR count). The SMILES string of the molecule is NC(=O)c1cccc2c1nc(C(F)(F)F)n2CCN1CCCC1. The highest BCUT2D eigenvalue weighted by molar-refractivity contribution is 6.04. The number of likely N-dealkylation sites (tertiary alicyclic amines) is 1. The van der Waals surface area contributed by atoms with Crippen molar-refractivity contribution in [2.75, 3.05) is 19.6 Å². The van der Waals surface area contributed by atoms with Gasteiger partial charge >= 0.3 is 6.18 Å². The van der Waals surface area contributed by atoms with Gasteiger partial charge in [-0.05, 0) is 38.1 Å². The van der Waals surface area contributed by atoms with Gasteiger partial charge in [0.2, 0.25) is 5.82 Å². The molecular formula is C15H17F3N4O. The van der Waals surface area contributed by atoms with Crippen LogP contribution in [0.25, 0.3) is 11.0 Å². The Morgan fingerprint density at radius 2 is 1.91 bits per heavy atom. The number of hydrogen-bond acceptors (Lipinski definition) is 3. The van der Waals surface area contributed by atoms with E-state index in [0.717, 1.165) is 30.5 Å². The van der Waals surface area contributed by atoms with Crippen molar-refractivity contribution in [3.8, 4) is 0 Å². The predicted molar refractivity (Wildman–Crippen MR) is 78.9 cm³/mol. The van der Waals surface area contributed by atoms with Crippen LogP contribution in [0.2, 0.25) is 0 Å². The van der Waals surface area contributed by atoms with Gasteiger partial charge in [0.25, 0.3) is 5.91 Å². The van der Waals surface area contributed by atoms with E-state index in [0.29, 0.717) is 6.54 Å². The Hall–Kier alpha value is -2.09. The van der Waals surface area contributed by atoms with E-state index < -0.39 is 17.9 Å². The van der Waals surface area contributed by atoms with E-state index in [1.54, 1.807) is 0 Å². The Bertz CT molecular complexity index is 732. The molecule has 1 aliphatic heterocycles. The summed E-state index contributed by atoms with van der Waals surface area (Å²) < 4.78 is 41.1. The van der Waals surface area contributed by atoms with Crippen LogP contribution in [-0.4, -0.2) is 40.0 Å². The number of benzene rings is 1. The molecular weight excluding hydrogens is 309 g/mol. The number of hydrogen-bond donors (Lipinski definition) is 1. The van der Waals surface area contributed by atoms with E-state index in [4.69, 9.17) is 5.73 Å². The lowest BCUT2D eigenvalue weighted by Gasteiger charge is -2.17. The number of aromatic nitrogens is 2. The van der Waals surface area contributed by atoms with Gasteiger partial charge in [-0.15, -0.1) is 0 Å². The predicted octanol–water partition coefficient (Wildman–Crippen LogP) is 2.25. The molecule has 0 saturated carbocycles. The average molecular weight is 326 g/mol. The Morgan fingerprint density at radius 3 is 2.52 bits per heavy atom. The van der Waals surface area contributed by atoms with Crippen LogP contribution in [0.4, 0.5) is 13.2 Å². The number of alkyl halides is 3. The van der Waals surface area contributed by atoms with Gasteiger partial charge in [-0.3, -0.25) is 4.79 Å². The Labute approximate surface area is 130 Å². The summed E-state index contributed by atoms with van der Waals surface area (Å²) in [5.74, 6) is -1.77. The lowest BCUT2D eigenvalue weighted by molar-refractivity contribution is -0.147. The molecule has 23 heavy (non-hydrogen) atoms. The van der Waals surface area contributed by atoms with Crippen LogP contribution in [-0.2, 0) is 12.7 Å². The number of primary amides is 1. The molecule has 2 N–H and O–H groups in total. The van der Waals surface area contributed by atoms with Crippen LogP contribution in [0.3, 0.4) is 0 Å². The molecule has 1 aromatic carbocycles. The normalized spacial score (nSPS) is 16.3. The zero-order valence-electron chi connectivity index (χ0n) is 12.4. The fraction of sp³-hybridized carbons (Fsp3) is 0.467. The van der Waals surface area contributed by atoms with E-state index in [2.05, 4.69) is 9.88 Å². The van der Waals surface area contributed by atoms with Crippen molar-refractivity contribution in [3.63, 3.8) is 0 Å². The molecule has 5 nitrogen and oxygen atoms in total. The second-order valence-corrected chi connectivity index (χ2v) is 5.67. The quantitative estimate of drug-likeness (QED) is 0.937. The van der Waals surface area contributed by atoms with E-state index in [-0.39, 0.29) is 23.1 Å². The van der Waals surface area contributed by atoms with E-state index >= 15 is 0 Å². The molecule has 0 radical (unpaired) electrons. The Balaban J connectivity index is 2.05. The number of rotatable bonds is 4. The van der Waals surface area contributed by atoms with Crippen molar-refractivity contribution in [1.29, 1.82) is 0 Å². The molecule has 2 aromatic rings. The fourth-order valence-corrected chi connectivity index (χ4v) is 3.04. The summed E-state index contributed by atoms with van der Waals surface area (Å²) in [5.41, 5.74) is 5.54. The highest BCUT2D eigenvalue weighted by Crippen LogP contribution is 2.32. The number of para-hydroxylation sites is 1. The van der Waals surface area contributed by atoms with Gasteiger partial charge in [0.15, 0.2) is 0 Å². The summed E-state index contributed by atoms with van der Waals surface area (Å²) in [7, 11) is 0. The third kappa shape index (κ3) is 3.03. The molecule has 0 bridgehead atoms. The van der Waals surface area contributed by atoms with Gasteiger partial charge in [-0.1, -0.05) is 6.07 Å². The summed E-state index contributed by atoms with van der Waals surface area (Å²) in [5, 5.41) is 0. The third-order valence-corrected chi connectivity index (χ3v) is 4.14. The second kappa shape index (κ2) is 5.84. The Kier molecular flexibility index (Phi) is 4.01. The third-order valence-electron chi connectivity index (χ3n) is 4.14. The molecule has 0 aliphatic carbocycles. The van der Waals surface area contributed by atoms with Crippen LogP contribution in [0.15, 0.2) is 18.2 Å². The summed E-state index contributed by atoms with van der Waals surface area (Å²) in [4.78, 5) is 17.2. The van der Waals surface area contributed by atoms with Crippen LogP contribution >= 0.6 is 0 Å². The monoisotopic (exact) mass is 326 g/mol. The highest BCUT2D eigenvalue weighted by Gasteiger charge is 2.38. The van der Waals surface area contributed by atoms with Crippen LogP contribution in [0.5, 0.6) is 0 Å². The minimum atomic E-state index is -4.58. The first kappa shape index (κ1) is 15.8. The molecule has 8 heteroatoms. The summed E-state index contributed by atoms with van der Waals surface area (Å²) in [6, 6.07) is 4.45. The number of nitrogens with zero attached hydrogens (tertiary/aromatic N) is 3. The lowest BCUT2D eigenvalue weighted by Crippen LogP contribution is -2.26. The van der Waals surface area contributed by atoms with Gasteiger partial charge in [-0.2, -0.15) is 13.2 Å². The zero-order valence-corrected chi connectivity index (χ0v) is 12.4. The number of carbonyl (C=O) groups is 1. The van der Waals surface area contributed by atoms with Crippen LogP contribution < -0.4 is 5.73 Å². The minimum Gasteiger partial charge on any atom is -0.366 e. The molecule has 1 aliphatic rings. The van der Waals surface area contributed by atoms with Crippen molar-refractivity contribution in [3.05, 3.63) is 29.6 Å². The van der Waals surface area contributed by atoms with Crippen LogP contribution in [0, 0.1) is 0 Å². The average Bonchev–Trinajstić information content (AvgIpc) is 3.11. The van der Waals surface area contributed by atoms with Gasteiger partial charge in [0.1, 0.15) is 5.52 Å². The van der Waals surface area contributed by atoms with Gasteiger partial charge in [0.05, 0.1) is 11.1 Å². The smallest absolute Gasteiger partial charge is 0.366 e. The number of halogens is 3. The topological polar surface area (TPSA) is 64.2 Å². The zero-order chi connectivity index (χ0) is 16.6. The van der Waals surface area contributed by atoms with E-state index in [1.807, 2.05) is 0 Å². The standard InChI is InChI=1S/C15H17F3N4O/c16-15(17,18)14-20-12-10(13(19)23)4-3-5-11(12)22(14)9-8-21-6-1-2-7-21/h3-5H,1-2,6-9H2,(H2,19,23). The number of fused-ring (bicyclic) bond motifs is 1. The van der Waals surface area contributed by atoms with Crippen molar-refractivity contribution in [2.45, 2.75) is 25.6 Å². The van der Waals surface area contributed by atoms with Crippen molar-refractivity contribution < 1.29 is 18.0 Å². The summed E-state index contributed by atoms with van der Waals surface area (Å²) in [6.45, 7) is 2.50. The largest absolute Gasteiger partial charge is 0.449 e. The molecule has 0 atom stereocenters. The van der Waals surface area contributed by atoms with Gasteiger partial charge < -0.3 is 15.2 Å². The number of carbonyl (C=O) groups excluding carboxylic acids is 1.